The van der Waals surface area contributed by atoms with Crippen molar-refractivity contribution in [3.05, 3.63) is 46.0 Å². The molecule has 0 atom stereocenters. The van der Waals surface area contributed by atoms with E-state index in [1.807, 2.05) is 37.3 Å². The minimum absolute atomic E-state index is 0.0473. The Morgan fingerprint density at radius 1 is 1.27 bits per heavy atom. The summed E-state index contributed by atoms with van der Waals surface area (Å²) in [6.07, 6.45) is 1.37. The minimum atomic E-state index is 0.0473. The monoisotopic (exact) mass is 422 g/mol. The molecular weight excluding hydrogens is 407 g/mol. The van der Waals surface area contributed by atoms with E-state index in [0.29, 0.717) is 6.42 Å². The number of carbonyl (C=O) groups is 1. The van der Waals surface area contributed by atoms with Gasteiger partial charge in [-0.25, -0.2) is 4.98 Å². The largest absolute Gasteiger partial charge is 0.325 e. The number of carbonyl (C=O) groups excluding carboxylic acids is 1. The molecule has 1 heterocycles. The van der Waals surface area contributed by atoms with Crippen molar-refractivity contribution < 1.29 is 4.79 Å². The van der Waals surface area contributed by atoms with Crippen molar-refractivity contribution in [1.82, 2.24) is 4.98 Å². The molecule has 1 amide bonds. The van der Waals surface area contributed by atoms with Gasteiger partial charge in [0.1, 0.15) is 5.01 Å². The summed E-state index contributed by atoms with van der Waals surface area (Å²) in [4.78, 5) is 16.6. The highest BCUT2D eigenvalue weighted by Gasteiger charge is 2.13. The van der Waals surface area contributed by atoms with Gasteiger partial charge in [-0.1, -0.05) is 19.1 Å². The molecule has 3 rings (SSSR count). The first kappa shape index (κ1) is 15.4. The molecule has 22 heavy (non-hydrogen) atoms. The molecule has 0 unspecified atom stereocenters. The summed E-state index contributed by atoms with van der Waals surface area (Å²) in [5.41, 5.74) is 2.81. The number of para-hydroxylation sites is 1. The number of fused-ring (bicyclic) bond motifs is 1. The summed E-state index contributed by atoms with van der Waals surface area (Å²) in [6, 6.07) is 14.1. The molecule has 0 fully saturated rings. The summed E-state index contributed by atoms with van der Waals surface area (Å²) in [7, 11) is 0. The van der Waals surface area contributed by atoms with Crippen LogP contribution in [0.15, 0.2) is 42.5 Å². The molecule has 3 nitrogen and oxygen atoms in total. The Bertz CT molecular complexity index is 795. The van der Waals surface area contributed by atoms with Gasteiger partial charge < -0.3 is 5.32 Å². The van der Waals surface area contributed by atoms with Crippen LogP contribution in [0.3, 0.4) is 0 Å². The predicted octanol–water partition coefficient (Wildman–Crippen LogP) is 5.31. The lowest BCUT2D eigenvalue weighted by Crippen LogP contribution is -2.11. The maximum atomic E-state index is 11.9. The van der Waals surface area contributed by atoms with Crippen LogP contribution in [0.2, 0.25) is 0 Å². The van der Waals surface area contributed by atoms with Crippen LogP contribution in [0.25, 0.3) is 20.8 Å². The highest BCUT2D eigenvalue weighted by molar-refractivity contribution is 14.1. The van der Waals surface area contributed by atoms with Crippen molar-refractivity contribution in [2.24, 2.45) is 0 Å². The first-order valence-corrected chi connectivity index (χ1v) is 9.02. The summed E-state index contributed by atoms with van der Waals surface area (Å²) in [5.74, 6) is 0.0473. The number of nitrogens with one attached hydrogen (secondary N) is 1. The number of aromatic nitrogens is 1. The van der Waals surface area contributed by atoms with Crippen molar-refractivity contribution >= 4 is 55.7 Å². The van der Waals surface area contributed by atoms with Gasteiger partial charge in [0.2, 0.25) is 5.91 Å². The highest BCUT2D eigenvalue weighted by atomic mass is 127. The lowest BCUT2D eigenvalue weighted by Gasteiger charge is -2.09. The molecule has 1 N–H and O–H groups in total. The van der Waals surface area contributed by atoms with Crippen molar-refractivity contribution in [2.45, 2.75) is 19.8 Å². The van der Waals surface area contributed by atoms with Crippen molar-refractivity contribution in [3.8, 4) is 10.6 Å². The van der Waals surface area contributed by atoms with E-state index in [1.54, 1.807) is 11.3 Å². The molecular formula is C17H15IN2OS. The third kappa shape index (κ3) is 3.30. The quantitative estimate of drug-likeness (QED) is 0.580. The van der Waals surface area contributed by atoms with E-state index in [-0.39, 0.29) is 5.91 Å². The fraction of sp³-hybridized carbons (Fsp3) is 0.176. The minimum Gasteiger partial charge on any atom is -0.325 e. The first-order chi connectivity index (χ1) is 10.7. The van der Waals surface area contributed by atoms with Crippen molar-refractivity contribution in [2.75, 3.05) is 5.32 Å². The molecule has 112 valence electrons. The Morgan fingerprint density at radius 2 is 2.09 bits per heavy atom. The summed E-state index contributed by atoms with van der Waals surface area (Å²) in [6.45, 7) is 2.00. The van der Waals surface area contributed by atoms with Crippen LogP contribution in [0.4, 0.5) is 5.69 Å². The van der Waals surface area contributed by atoms with Crippen molar-refractivity contribution in [3.63, 3.8) is 0 Å². The van der Waals surface area contributed by atoms with Crippen molar-refractivity contribution in [1.29, 1.82) is 0 Å². The third-order valence-corrected chi connectivity index (χ3v) is 5.00. The van der Waals surface area contributed by atoms with Gasteiger partial charge in [0.25, 0.3) is 0 Å². The fourth-order valence-corrected chi connectivity index (χ4v) is 3.72. The molecule has 1 aromatic heterocycles. The van der Waals surface area contributed by atoms with E-state index in [2.05, 4.69) is 40.0 Å². The molecule has 0 aliphatic rings. The van der Waals surface area contributed by atoms with E-state index < -0.39 is 0 Å². The maximum Gasteiger partial charge on any atom is 0.224 e. The number of hydrogen-bond donors (Lipinski definition) is 1. The topological polar surface area (TPSA) is 42.0 Å². The van der Waals surface area contributed by atoms with E-state index in [1.165, 1.54) is 0 Å². The Kier molecular flexibility index (Phi) is 4.73. The number of nitrogens with zero attached hydrogens (tertiary/aromatic N) is 1. The second kappa shape index (κ2) is 6.75. The second-order valence-corrected chi connectivity index (χ2v) is 7.25. The van der Waals surface area contributed by atoms with Gasteiger partial charge in [-0.3, -0.25) is 4.79 Å². The SMILES string of the molecule is CCCC(=O)Nc1ccc(I)cc1-c1nc2ccccc2s1. The van der Waals surface area contributed by atoms with E-state index >= 15 is 0 Å². The van der Waals surface area contributed by atoms with Gasteiger partial charge in [-0.15, -0.1) is 11.3 Å². The molecule has 0 aliphatic carbocycles. The molecule has 0 saturated carbocycles. The number of hydrogen-bond acceptors (Lipinski definition) is 3. The summed E-state index contributed by atoms with van der Waals surface area (Å²) >= 11 is 3.93. The van der Waals surface area contributed by atoms with E-state index in [4.69, 9.17) is 4.98 Å². The number of rotatable bonds is 4. The molecule has 0 bridgehead atoms. The summed E-state index contributed by atoms with van der Waals surface area (Å²) < 4.78 is 2.28. The van der Waals surface area contributed by atoms with Gasteiger partial charge in [0.15, 0.2) is 0 Å². The van der Waals surface area contributed by atoms with Gasteiger partial charge >= 0.3 is 0 Å². The molecule has 5 heteroatoms. The van der Waals surface area contributed by atoms with Crippen LogP contribution in [0, 0.1) is 3.57 Å². The highest BCUT2D eigenvalue weighted by Crippen LogP contribution is 2.35. The predicted molar refractivity (Wildman–Crippen MR) is 101 cm³/mol. The second-order valence-electron chi connectivity index (χ2n) is 4.97. The average Bonchev–Trinajstić information content (AvgIpc) is 2.93. The zero-order valence-electron chi connectivity index (χ0n) is 12.1. The van der Waals surface area contributed by atoms with Gasteiger partial charge in [-0.05, 0) is 59.3 Å². The number of thiazole rings is 1. The zero-order valence-corrected chi connectivity index (χ0v) is 15.1. The molecule has 0 aliphatic heterocycles. The zero-order chi connectivity index (χ0) is 15.5. The maximum absolute atomic E-state index is 11.9. The number of halogens is 1. The Labute approximate surface area is 146 Å². The van der Waals surface area contributed by atoms with Gasteiger partial charge in [0, 0.05) is 15.6 Å². The Balaban J connectivity index is 2.04. The molecule has 0 spiro atoms. The van der Waals surface area contributed by atoms with Crippen LogP contribution < -0.4 is 5.32 Å². The number of anilines is 1. The van der Waals surface area contributed by atoms with Crippen LogP contribution in [-0.2, 0) is 4.79 Å². The van der Waals surface area contributed by atoms with Crippen LogP contribution in [0.1, 0.15) is 19.8 Å². The smallest absolute Gasteiger partial charge is 0.224 e. The molecule has 2 aromatic carbocycles. The molecule has 0 radical (unpaired) electrons. The lowest BCUT2D eigenvalue weighted by atomic mass is 10.1. The Hall–Kier alpha value is -1.47. The number of amides is 1. The van der Waals surface area contributed by atoms with Gasteiger partial charge in [0.05, 0.1) is 15.9 Å². The normalized spacial score (nSPS) is 10.8. The Morgan fingerprint density at radius 3 is 2.86 bits per heavy atom. The fourth-order valence-electron chi connectivity index (χ4n) is 2.23. The van der Waals surface area contributed by atoms with Crippen LogP contribution in [0.5, 0.6) is 0 Å². The van der Waals surface area contributed by atoms with Gasteiger partial charge in [-0.2, -0.15) is 0 Å². The van der Waals surface area contributed by atoms with E-state index in [0.717, 1.165) is 36.5 Å². The summed E-state index contributed by atoms with van der Waals surface area (Å²) in [5, 5.41) is 3.94. The standard InChI is InChI=1S/C17H15IN2OS/c1-2-5-16(21)19-13-9-8-11(18)10-12(13)17-20-14-6-3-4-7-15(14)22-17/h3-4,6-10H,2,5H2,1H3,(H,19,21). The van der Waals surface area contributed by atoms with Crippen LogP contribution in [-0.4, -0.2) is 10.9 Å². The molecule has 0 saturated heterocycles. The third-order valence-electron chi connectivity index (χ3n) is 3.26. The van der Waals surface area contributed by atoms with Crippen LogP contribution >= 0.6 is 33.9 Å². The first-order valence-electron chi connectivity index (χ1n) is 7.12. The number of benzene rings is 2. The average molecular weight is 422 g/mol. The lowest BCUT2D eigenvalue weighted by molar-refractivity contribution is -0.116. The van der Waals surface area contributed by atoms with E-state index in [9.17, 15) is 4.79 Å². The molecule has 3 aromatic rings.